The second kappa shape index (κ2) is 21.0. The summed E-state index contributed by atoms with van der Waals surface area (Å²) in [4.78, 5) is 45.9. The molecule has 1 aromatic carbocycles. The minimum Gasteiger partial charge on any atom is -0.478 e. The second-order valence-electron chi connectivity index (χ2n) is 14.6. The minimum absolute atomic E-state index is 0.0448. The first-order valence-corrected chi connectivity index (χ1v) is 18.4. The van der Waals surface area contributed by atoms with E-state index in [-0.39, 0.29) is 40.7 Å². The van der Waals surface area contributed by atoms with E-state index in [4.69, 9.17) is 24.4 Å². The van der Waals surface area contributed by atoms with Crippen LogP contribution in [-0.4, -0.2) is 150 Å². The van der Waals surface area contributed by atoms with Crippen molar-refractivity contribution in [2.24, 2.45) is 11.3 Å². The van der Waals surface area contributed by atoms with Gasteiger partial charge in [-0.05, 0) is 77.7 Å². The Balaban J connectivity index is 0.000000879. The number of anilines is 1. The lowest BCUT2D eigenvalue weighted by Crippen LogP contribution is -2.62. The quantitative estimate of drug-likeness (QED) is 0.194. The number of ether oxygens (including phenoxy) is 3. The Bertz CT molecular complexity index is 1540. The lowest BCUT2D eigenvalue weighted by atomic mass is 9.76. The summed E-state index contributed by atoms with van der Waals surface area (Å²) >= 11 is 0. The molecule has 0 saturated carbocycles. The van der Waals surface area contributed by atoms with Gasteiger partial charge in [-0.1, -0.05) is 13.8 Å². The number of aliphatic carboxylic acids is 2. The summed E-state index contributed by atoms with van der Waals surface area (Å²) in [6.45, 7) is 17.2. The van der Waals surface area contributed by atoms with Crippen molar-refractivity contribution in [2.45, 2.75) is 72.1 Å². The highest BCUT2D eigenvalue weighted by Gasteiger charge is 2.50. The first kappa shape index (κ1) is 44.1. The third kappa shape index (κ3) is 12.7. The molecule has 2 aliphatic rings. The van der Waals surface area contributed by atoms with Crippen LogP contribution in [0.4, 0.5) is 10.2 Å². The molecule has 16 heteroatoms. The van der Waals surface area contributed by atoms with Crippen molar-refractivity contribution in [1.29, 1.82) is 0 Å². The van der Waals surface area contributed by atoms with E-state index < -0.39 is 17.8 Å². The van der Waals surface area contributed by atoms with Gasteiger partial charge < -0.3 is 39.1 Å². The largest absolute Gasteiger partial charge is 0.478 e. The van der Waals surface area contributed by atoms with Crippen molar-refractivity contribution in [2.75, 3.05) is 78.6 Å². The summed E-state index contributed by atoms with van der Waals surface area (Å²) in [7, 11) is 5.60. The van der Waals surface area contributed by atoms with Gasteiger partial charge in [-0.3, -0.25) is 9.69 Å². The van der Waals surface area contributed by atoms with Crippen LogP contribution in [0.1, 0.15) is 64.2 Å². The number of aromatic nitrogens is 3. The molecular formula is C38H58FN7O8. The zero-order valence-corrected chi connectivity index (χ0v) is 32.9. The van der Waals surface area contributed by atoms with E-state index in [9.17, 15) is 18.8 Å². The molecule has 4 rings (SSSR count). The zero-order valence-electron chi connectivity index (χ0n) is 32.9. The number of hydrogen-bond acceptors (Lipinski definition) is 12. The average molecular weight is 760 g/mol. The maximum absolute atomic E-state index is 14.3. The van der Waals surface area contributed by atoms with E-state index in [0.29, 0.717) is 43.1 Å². The summed E-state index contributed by atoms with van der Waals surface area (Å²) in [5, 5.41) is 23.9. The Kier molecular flexibility index (Phi) is 17.2. The number of amides is 1. The number of carbonyl (C=O) groups is 3. The first-order valence-electron chi connectivity index (χ1n) is 18.4. The van der Waals surface area contributed by atoms with Gasteiger partial charge in [0.25, 0.3) is 11.8 Å². The number of nitrogens with zero attached hydrogens (tertiary/aromatic N) is 7. The van der Waals surface area contributed by atoms with Crippen molar-refractivity contribution < 1.29 is 43.2 Å². The van der Waals surface area contributed by atoms with Crippen LogP contribution in [0, 0.1) is 17.2 Å². The molecule has 2 aliphatic heterocycles. The molecule has 2 aromatic rings. The van der Waals surface area contributed by atoms with Gasteiger partial charge in [0.15, 0.2) is 5.82 Å². The topological polar surface area (TPSA) is 171 Å². The molecule has 2 N–H and O–H groups in total. The van der Waals surface area contributed by atoms with Crippen molar-refractivity contribution in [3.05, 3.63) is 48.1 Å². The molecule has 2 atom stereocenters. The summed E-state index contributed by atoms with van der Waals surface area (Å²) < 4.78 is 31.3. The normalized spacial score (nSPS) is 16.4. The highest BCUT2D eigenvalue weighted by atomic mass is 19.1. The predicted molar refractivity (Wildman–Crippen MR) is 201 cm³/mol. The van der Waals surface area contributed by atoms with Crippen LogP contribution >= 0.6 is 0 Å². The zero-order chi connectivity index (χ0) is 40.0. The Morgan fingerprint density at radius 2 is 1.76 bits per heavy atom. The van der Waals surface area contributed by atoms with Crippen LogP contribution in [0.2, 0.25) is 0 Å². The maximum Gasteiger partial charge on any atom is 0.328 e. The van der Waals surface area contributed by atoms with Crippen LogP contribution in [0.25, 0.3) is 0 Å². The SMILES string of the molecule is CCN(C(=O)c1cc(F)ccc1Oc1nncnc1N1CCC2(C1)CN([C@H](CCCN(C)C[C@H](COC)OC)C(C)C)C2)C(C)C.O=C(O)/C=C/C(=O)O. The lowest BCUT2D eigenvalue weighted by molar-refractivity contribution is -0.134. The van der Waals surface area contributed by atoms with Gasteiger partial charge in [-0.25, -0.2) is 19.0 Å². The molecule has 2 saturated heterocycles. The smallest absolute Gasteiger partial charge is 0.328 e. The molecular weight excluding hydrogens is 701 g/mol. The maximum atomic E-state index is 14.3. The third-order valence-electron chi connectivity index (χ3n) is 9.84. The molecule has 300 valence electrons. The highest BCUT2D eigenvalue weighted by molar-refractivity contribution is 5.97. The van der Waals surface area contributed by atoms with Gasteiger partial charge in [0.2, 0.25) is 0 Å². The number of carboxylic acids is 2. The van der Waals surface area contributed by atoms with Gasteiger partial charge in [0, 0.05) is 83.1 Å². The fourth-order valence-corrected chi connectivity index (χ4v) is 7.20. The van der Waals surface area contributed by atoms with Gasteiger partial charge in [-0.15, -0.1) is 10.2 Å². The second-order valence-corrected chi connectivity index (χ2v) is 14.6. The molecule has 1 aromatic heterocycles. The summed E-state index contributed by atoms with van der Waals surface area (Å²) in [5.74, 6) is -1.70. The van der Waals surface area contributed by atoms with Crippen molar-refractivity contribution in [3.63, 3.8) is 0 Å². The minimum atomic E-state index is -1.26. The number of benzene rings is 1. The standard InChI is InChI=1S/C34H54FN7O4.C4H4O4/c1-9-42(25(4)5)33(43)28-17-26(35)12-13-30(28)46-32-31(36-23-37-38-32)40-16-14-34(20-40)21-41(22-34)29(24(2)3)11-10-15-39(6)18-27(45-8)19-44-7;5-3(6)1-2-4(7)8/h12-13,17,23-25,27,29H,9-11,14-16,18-22H2,1-8H3;1-2H,(H,5,6)(H,7,8)/b;2-1+/t27-,29-;/m1./s1. The lowest BCUT2D eigenvalue weighted by Gasteiger charge is -2.53. The van der Waals surface area contributed by atoms with Gasteiger partial charge in [0.05, 0.1) is 18.3 Å². The summed E-state index contributed by atoms with van der Waals surface area (Å²) in [6, 6.07) is 4.48. The number of carbonyl (C=O) groups excluding carboxylic acids is 1. The van der Waals surface area contributed by atoms with Crippen molar-refractivity contribution in [3.8, 4) is 11.6 Å². The Labute approximate surface area is 318 Å². The number of hydrogen-bond donors (Lipinski definition) is 2. The van der Waals surface area contributed by atoms with Crippen molar-refractivity contribution >= 4 is 23.7 Å². The Morgan fingerprint density at radius 1 is 1.07 bits per heavy atom. The first-order chi connectivity index (χ1) is 25.6. The van der Waals surface area contributed by atoms with E-state index in [1.807, 2.05) is 20.8 Å². The molecule has 0 unspecified atom stereocenters. The molecule has 0 aliphatic carbocycles. The van der Waals surface area contributed by atoms with E-state index >= 15 is 0 Å². The van der Waals surface area contributed by atoms with Gasteiger partial charge in [-0.2, -0.15) is 0 Å². The molecule has 0 radical (unpaired) electrons. The number of likely N-dealkylation sites (N-methyl/N-ethyl adjacent to an activating group) is 1. The van der Waals surface area contributed by atoms with Crippen LogP contribution < -0.4 is 9.64 Å². The average Bonchev–Trinajstić information content (AvgIpc) is 3.55. The fraction of sp³-hybridized carbons (Fsp3) is 0.632. The van der Waals surface area contributed by atoms with E-state index in [1.54, 1.807) is 19.1 Å². The van der Waals surface area contributed by atoms with E-state index in [1.165, 1.54) is 24.5 Å². The van der Waals surface area contributed by atoms with E-state index in [2.05, 4.69) is 50.8 Å². The highest BCUT2D eigenvalue weighted by Crippen LogP contribution is 2.44. The monoisotopic (exact) mass is 759 g/mol. The fourth-order valence-electron chi connectivity index (χ4n) is 7.20. The van der Waals surface area contributed by atoms with Crippen LogP contribution in [-0.2, 0) is 19.1 Å². The van der Waals surface area contributed by atoms with Crippen LogP contribution in [0.3, 0.4) is 0 Å². The van der Waals surface area contributed by atoms with Gasteiger partial charge >= 0.3 is 11.9 Å². The molecule has 1 spiro atoms. The van der Waals surface area contributed by atoms with Gasteiger partial charge in [0.1, 0.15) is 17.9 Å². The van der Waals surface area contributed by atoms with Crippen LogP contribution in [0.5, 0.6) is 11.6 Å². The van der Waals surface area contributed by atoms with Crippen LogP contribution in [0.15, 0.2) is 36.7 Å². The molecule has 3 heterocycles. The van der Waals surface area contributed by atoms with Crippen molar-refractivity contribution in [1.82, 2.24) is 29.9 Å². The molecule has 15 nitrogen and oxygen atoms in total. The number of methoxy groups -OCH3 is 2. The number of halogens is 1. The molecule has 2 fully saturated rings. The Hall–Kier alpha value is -4.25. The molecule has 0 bridgehead atoms. The number of rotatable bonds is 19. The summed E-state index contributed by atoms with van der Waals surface area (Å²) in [5.41, 5.74) is 0.340. The summed E-state index contributed by atoms with van der Waals surface area (Å²) in [6.07, 6.45) is 5.96. The number of likely N-dealkylation sites (tertiary alicyclic amines) is 1. The molecule has 1 amide bonds. The van der Waals surface area contributed by atoms with E-state index in [0.717, 1.165) is 58.5 Å². The molecule has 54 heavy (non-hydrogen) atoms. The third-order valence-corrected chi connectivity index (χ3v) is 9.84. The number of carboxylic acid groups (broad SMARTS) is 2. The predicted octanol–water partition coefficient (Wildman–Crippen LogP) is 4.30. The Morgan fingerprint density at radius 3 is 2.33 bits per heavy atom.